The van der Waals surface area contributed by atoms with Crippen LogP contribution in [0.25, 0.3) is 10.8 Å². The topological polar surface area (TPSA) is 49.9 Å². The molecule has 2 fully saturated rings. The quantitative estimate of drug-likeness (QED) is 0.837. The Labute approximate surface area is 142 Å². The number of benzene rings is 2. The molecule has 0 atom stereocenters. The molecule has 2 aliphatic rings. The van der Waals surface area contributed by atoms with E-state index in [1.807, 2.05) is 30.3 Å². The molecule has 0 bridgehead atoms. The van der Waals surface area contributed by atoms with Crippen molar-refractivity contribution in [1.29, 1.82) is 0 Å². The molecule has 24 heavy (non-hydrogen) atoms. The number of sulfonamides is 1. The van der Waals surface area contributed by atoms with Crippen molar-refractivity contribution in [2.75, 3.05) is 33.3 Å². The number of piperidine rings is 1. The lowest BCUT2D eigenvalue weighted by atomic mass is 10.0. The third-order valence-electron chi connectivity index (χ3n) is 5.20. The highest BCUT2D eigenvalue weighted by molar-refractivity contribution is 7.89. The summed E-state index contributed by atoms with van der Waals surface area (Å²) >= 11 is 0. The molecule has 6 heteroatoms. The number of ether oxygens (including phenoxy) is 1. The molecule has 2 aromatic carbocycles. The molecular formula is C18H22N2O3S. The number of rotatable bonds is 2. The first-order valence-electron chi connectivity index (χ1n) is 8.35. The molecule has 0 radical (unpaired) electrons. The third kappa shape index (κ3) is 2.54. The standard InChI is InChI=1S/C18H22N2O3S/c1-19-10-8-18(9-11-19)20(12-13-23-18)24(21,22)17-7-6-15-4-2-3-5-16(15)14-17/h2-7,14H,8-13H2,1H3. The van der Waals surface area contributed by atoms with E-state index in [0.717, 1.165) is 36.7 Å². The molecule has 0 unspecified atom stereocenters. The van der Waals surface area contributed by atoms with E-state index < -0.39 is 15.7 Å². The van der Waals surface area contributed by atoms with Crippen LogP contribution in [0.15, 0.2) is 47.4 Å². The first-order chi connectivity index (χ1) is 11.5. The fraction of sp³-hybridized carbons (Fsp3) is 0.444. The maximum atomic E-state index is 13.3. The minimum absolute atomic E-state index is 0.352. The van der Waals surface area contributed by atoms with Gasteiger partial charge in [-0.25, -0.2) is 8.42 Å². The summed E-state index contributed by atoms with van der Waals surface area (Å²) in [4.78, 5) is 2.57. The van der Waals surface area contributed by atoms with Crippen molar-refractivity contribution >= 4 is 20.8 Å². The summed E-state index contributed by atoms with van der Waals surface area (Å²) in [5.74, 6) is 0. The highest BCUT2D eigenvalue weighted by Gasteiger charge is 2.50. The summed E-state index contributed by atoms with van der Waals surface area (Å²) in [7, 11) is -1.51. The van der Waals surface area contributed by atoms with Crippen molar-refractivity contribution in [3.63, 3.8) is 0 Å². The fourth-order valence-electron chi connectivity index (χ4n) is 3.75. The van der Waals surface area contributed by atoms with Crippen LogP contribution >= 0.6 is 0 Å². The Balaban J connectivity index is 1.72. The number of likely N-dealkylation sites (tertiary alicyclic amines) is 1. The Morgan fingerprint density at radius 3 is 2.46 bits per heavy atom. The molecule has 5 nitrogen and oxygen atoms in total. The molecule has 2 saturated heterocycles. The molecule has 1 spiro atoms. The van der Waals surface area contributed by atoms with Gasteiger partial charge < -0.3 is 9.64 Å². The van der Waals surface area contributed by atoms with Crippen LogP contribution in [-0.2, 0) is 14.8 Å². The van der Waals surface area contributed by atoms with Crippen molar-refractivity contribution in [2.45, 2.75) is 23.5 Å². The van der Waals surface area contributed by atoms with Crippen LogP contribution in [0, 0.1) is 0 Å². The molecular weight excluding hydrogens is 324 g/mol. The lowest BCUT2D eigenvalue weighted by Crippen LogP contribution is -2.54. The van der Waals surface area contributed by atoms with Gasteiger partial charge in [-0.2, -0.15) is 4.31 Å². The van der Waals surface area contributed by atoms with Crippen molar-refractivity contribution in [3.05, 3.63) is 42.5 Å². The van der Waals surface area contributed by atoms with Crippen LogP contribution in [0.5, 0.6) is 0 Å². The molecule has 0 amide bonds. The van der Waals surface area contributed by atoms with E-state index in [2.05, 4.69) is 11.9 Å². The van der Waals surface area contributed by atoms with Gasteiger partial charge in [-0.15, -0.1) is 0 Å². The van der Waals surface area contributed by atoms with Gasteiger partial charge in [0.1, 0.15) is 5.72 Å². The maximum absolute atomic E-state index is 13.3. The zero-order valence-corrected chi connectivity index (χ0v) is 14.6. The minimum Gasteiger partial charge on any atom is -0.358 e. The van der Waals surface area contributed by atoms with Gasteiger partial charge >= 0.3 is 0 Å². The van der Waals surface area contributed by atoms with E-state index in [0.29, 0.717) is 18.0 Å². The van der Waals surface area contributed by atoms with E-state index in [-0.39, 0.29) is 0 Å². The van der Waals surface area contributed by atoms with E-state index in [9.17, 15) is 8.42 Å². The van der Waals surface area contributed by atoms with Gasteiger partial charge in [0.15, 0.2) is 0 Å². The lowest BCUT2D eigenvalue weighted by molar-refractivity contribution is -0.0873. The number of hydrogen-bond acceptors (Lipinski definition) is 4. The van der Waals surface area contributed by atoms with Gasteiger partial charge in [-0.1, -0.05) is 30.3 Å². The van der Waals surface area contributed by atoms with E-state index in [4.69, 9.17) is 4.74 Å². The summed E-state index contributed by atoms with van der Waals surface area (Å²) < 4.78 is 34.1. The second-order valence-electron chi connectivity index (χ2n) is 6.68. The molecule has 2 heterocycles. The monoisotopic (exact) mass is 346 g/mol. The second-order valence-corrected chi connectivity index (χ2v) is 8.55. The van der Waals surface area contributed by atoms with Crippen molar-refractivity contribution in [2.24, 2.45) is 0 Å². The lowest BCUT2D eigenvalue weighted by Gasteiger charge is -2.41. The highest BCUT2D eigenvalue weighted by atomic mass is 32.2. The molecule has 128 valence electrons. The van der Waals surface area contributed by atoms with Crippen LogP contribution in [0.3, 0.4) is 0 Å². The van der Waals surface area contributed by atoms with Crippen LogP contribution in [0.4, 0.5) is 0 Å². The molecule has 0 N–H and O–H groups in total. The van der Waals surface area contributed by atoms with Gasteiger partial charge in [0.25, 0.3) is 0 Å². The van der Waals surface area contributed by atoms with Gasteiger partial charge in [0.2, 0.25) is 10.0 Å². The molecule has 4 rings (SSSR count). The Morgan fingerprint density at radius 2 is 1.71 bits per heavy atom. The van der Waals surface area contributed by atoms with Gasteiger partial charge in [0.05, 0.1) is 11.5 Å². The summed E-state index contributed by atoms with van der Waals surface area (Å²) in [6, 6.07) is 13.2. The normalized spacial score (nSPS) is 22.4. The summed E-state index contributed by atoms with van der Waals surface area (Å²) in [6.45, 7) is 2.60. The average molecular weight is 346 g/mol. The zero-order valence-electron chi connectivity index (χ0n) is 13.8. The van der Waals surface area contributed by atoms with E-state index in [1.165, 1.54) is 0 Å². The summed E-state index contributed by atoms with van der Waals surface area (Å²) in [6.07, 6.45) is 1.44. The average Bonchev–Trinajstić information content (AvgIpc) is 3.01. The third-order valence-corrected chi connectivity index (χ3v) is 7.14. The molecule has 2 aliphatic heterocycles. The summed E-state index contributed by atoms with van der Waals surface area (Å²) in [5.41, 5.74) is -0.670. The van der Waals surface area contributed by atoms with Crippen molar-refractivity contribution in [1.82, 2.24) is 9.21 Å². The first kappa shape index (κ1) is 16.0. The highest BCUT2D eigenvalue weighted by Crippen LogP contribution is 2.38. The van der Waals surface area contributed by atoms with Gasteiger partial charge in [-0.3, -0.25) is 0 Å². The Morgan fingerprint density at radius 1 is 1.00 bits per heavy atom. The van der Waals surface area contributed by atoms with Crippen LogP contribution in [0.1, 0.15) is 12.8 Å². The summed E-state index contributed by atoms with van der Waals surface area (Å²) in [5, 5.41) is 1.99. The fourth-order valence-corrected chi connectivity index (χ4v) is 5.51. The predicted molar refractivity (Wildman–Crippen MR) is 93.3 cm³/mol. The van der Waals surface area contributed by atoms with Crippen molar-refractivity contribution < 1.29 is 13.2 Å². The Bertz CT molecular complexity index is 857. The van der Waals surface area contributed by atoms with Gasteiger partial charge in [0, 0.05) is 32.5 Å². The molecule has 0 aliphatic carbocycles. The number of fused-ring (bicyclic) bond motifs is 1. The maximum Gasteiger partial charge on any atom is 0.245 e. The zero-order chi connectivity index (χ0) is 16.8. The number of hydrogen-bond donors (Lipinski definition) is 0. The molecule has 2 aromatic rings. The Kier molecular flexibility index (Phi) is 3.88. The molecule has 0 aromatic heterocycles. The van der Waals surface area contributed by atoms with Crippen LogP contribution in [0.2, 0.25) is 0 Å². The number of nitrogens with zero attached hydrogens (tertiary/aromatic N) is 2. The van der Waals surface area contributed by atoms with Gasteiger partial charge in [-0.05, 0) is 30.0 Å². The van der Waals surface area contributed by atoms with Crippen molar-refractivity contribution in [3.8, 4) is 0 Å². The SMILES string of the molecule is CN1CCC2(CC1)OCCN2S(=O)(=O)c1ccc2ccccc2c1. The van der Waals surface area contributed by atoms with E-state index >= 15 is 0 Å². The van der Waals surface area contributed by atoms with E-state index in [1.54, 1.807) is 16.4 Å². The molecule has 0 saturated carbocycles. The predicted octanol–water partition coefficient (Wildman–Crippen LogP) is 2.28. The smallest absolute Gasteiger partial charge is 0.245 e. The Hall–Kier alpha value is -1.47. The van der Waals surface area contributed by atoms with Crippen LogP contribution < -0.4 is 0 Å². The minimum atomic E-state index is -3.57. The largest absolute Gasteiger partial charge is 0.358 e. The second kappa shape index (κ2) is 5.81. The first-order valence-corrected chi connectivity index (χ1v) is 9.79. The van der Waals surface area contributed by atoms with Crippen LogP contribution in [-0.4, -0.2) is 56.6 Å².